The molecule has 0 aliphatic rings. The summed E-state index contributed by atoms with van der Waals surface area (Å²) in [5, 5.41) is 0. The monoisotopic (exact) mass is 219 g/mol. The standard InChI is InChI=1S/C13H17NO2/c1-4-12(11-7-6-8-14-9-11)13(15)10(3)16-5-2/h6-9,12H,3-5H2,1-2H3. The zero-order valence-electron chi connectivity index (χ0n) is 9.77. The van der Waals surface area contributed by atoms with E-state index in [-0.39, 0.29) is 17.5 Å². The molecule has 0 saturated carbocycles. The maximum absolute atomic E-state index is 12.0. The minimum Gasteiger partial charge on any atom is -0.491 e. The Labute approximate surface area is 96.2 Å². The van der Waals surface area contributed by atoms with Crippen molar-refractivity contribution in [2.45, 2.75) is 26.2 Å². The van der Waals surface area contributed by atoms with Crippen LogP contribution in [0, 0.1) is 0 Å². The van der Waals surface area contributed by atoms with Crippen LogP contribution in [-0.4, -0.2) is 17.4 Å². The lowest BCUT2D eigenvalue weighted by atomic mass is 9.93. The SMILES string of the molecule is C=C(OCC)C(=O)C(CC)c1cccnc1. The number of carbonyl (C=O) groups excluding carboxylic acids is 1. The van der Waals surface area contributed by atoms with Crippen LogP contribution in [0.25, 0.3) is 0 Å². The van der Waals surface area contributed by atoms with E-state index in [1.807, 2.05) is 26.0 Å². The quantitative estimate of drug-likeness (QED) is 0.545. The number of hydrogen-bond acceptors (Lipinski definition) is 3. The number of allylic oxidation sites excluding steroid dienone is 1. The molecule has 86 valence electrons. The van der Waals surface area contributed by atoms with Crippen LogP contribution in [0.15, 0.2) is 36.9 Å². The Morgan fingerprint density at radius 1 is 1.56 bits per heavy atom. The minimum absolute atomic E-state index is 0.0580. The van der Waals surface area contributed by atoms with Crippen LogP contribution in [0.2, 0.25) is 0 Å². The van der Waals surface area contributed by atoms with Gasteiger partial charge in [0.15, 0.2) is 5.76 Å². The van der Waals surface area contributed by atoms with Gasteiger partial charge in [0.1, 0.15) is 0 Å². The Bertz CT molecular complexity index is 359. The molecule has 0 amide bonds. The van der Waals surface area contributed by atoms with Gasteiger partial charge >= 0.3 is 0 Å². The molecule has 0 spiro atoms. The number of aromatic nitrogens is 1. The van der Waals surface area contributed by atoms with Crippen LogP contribution in [0.5, 0.6) is 0 Å². The summed E-state index contributed by atoms with van der Waals surface area (Å²) in [5.74, 6) is -0.0247. The van der Waals surface area contributed by atoms with E-state index in [4.69, 9.17) is 4.74 Å². The number of Topliss-reactive ketones (excluding diaryl/α,β-unsaturated/α-hetero) is 1. The molecular weight excluding hydrogens is 202 g/mol. The molecule has 0 bridgehead atoms. The first-order valence-electron chi connectivity index (χ1n) is 5.46. The average Bonchev–Trinajstić information content (AvgIpc) is 2.31. The van der Waals surface area contributed by atoms with Crippen LogP contribution in [-0.2, 0) is 9.53 Å². The van der Waals surface area contributed by atoms with Crippen molar-refractivity contribution in [2.24, 2.45) is 0 Å². The van der Waals surface area contributed by atoms with E-state index < -0.39 is 0 Å². The maximum atomic E-state index is 12.0. The Morgan fingerprint density at radius 3 is 2.81 bits per heavy atom. The molecule has 1 heterocycles. The first-order valence-corrected chi connectivity index (χ1v) is 5.46. The van der Waals surface area contributed by atoms with Gasteiger partial charge in [0.2, 0.25) is 5.78 Å². The van der Waals surface area contributed by atoms with Crippen molar-refractivity contribution in [1.29, 1.82) is 0 Å². The molecule has 0 saturated heterocycles. The average molecular weight is 219 g/mol. The third kappa shape index (κ3) is 2.92. The summed E-state index contributed by atoms with van der Waals surface area (Å²) in [6.45, 7) is 7.92. The number of rotatable bonds is 6. The smallest absolute Gasteiger partial charge is 0.204 e. The summed E-state index contributed by atoms with van der Waals surface area (Å²) in [7, 11) is 0. The number of ketones is 1. The fourth-order valence-electron chi connectivity index (χ4n) is 1.59. The molecule has 0 aromatic carbocycles. The van der Waals surface area contributed by atoms with Gasteiger partial charge in [-0.25, -0.2) is 0 Å². The van der Waals surface area contributed by atoms with Gasteiger partial charge in [-0.1, -0.05) is 19.6 Å². The number of carbonyl (C=O) groups is 1. The molecule has 0 N–H and O–H groups in total. The molecular formula is C13H17NO2. The molecule has 3 heteroatoms. The molecule has 1 atom stereocenters. The molecule has 0 fully saturated rings. The molecule has 3 nitrogen and oxygen atoms in total. The lowest BCUT2D eigenvalue weighted by Gasteiger charge is -2.15. The van der Waals surface area contributed by atoms with Crippen molar-refractivity contribution >= 4 is 5.78 Å². The number of nitrogens with zero attached hydrogens (tertiary/aromatic N) is 1. The van der Waals surface area contributed by atoms with Crippen LogP contribution in [0.1, 0.15) is 31.7 Å². The molecule has 1 aromatic heterocycles. The Hall–Kier alpha value is -1.64. The fraction of sp³-hybridized carbons (Fsp3) is 0.385. The van der Waals surface area contributed by atoms with Crippen molar-refractivity contribution in [3.8, 4) is 0 Å². The summed E-state index contributed by atoms with van der Waals surface area (Å²) < 4.78 is 5.14. The van der Waals surface area contributed by atoms with E-state index >= 15 is 0 Å². The highest BCUT2D eigenvalue weighted by Gasteiger charge is 2.22. The van der Waals surface area contributed by atoms with Crippen LogP contribution < -0.4 is 0 Å². The van der Waals surface area contributed by atoms with E-state index in [2.05, 4.69) is 11.6 Å². The normalized spacial score (nSPS) is 11.9. The third-order valence-corrected chi connectivity index (χ3v) is 2.40. The highest BCUT2D eigenvalue weighted by molar-refractivity contribution is 5.98. The number of pyridine rings is 1. The van der Waals surface area contributed by atoms with E-state index in [0.29, 0.717) is 6.61 Å². The van der Waals surface area contributed by atoms with Crippen molar-refractivity contribution in [3.05, 3.63) is 42.4 Å². The topological polar surface area (TPSA) is 39.2 Å². The van der Waals surface area contributed by atoms with Gasteiger partial charge < -0.3 is 4.74 Å². The zero-order valence-corrected chi connectivity index (χ0v) is 9.77. The molecule has 16 heavy (non-hydrogen) atoms. The summed E-state index contributed by atoms with van der Waals surface area (Å²) in [4.78, 5) is 16.0. The summed E-state index contributed by atoms with van der Waals surface area (Å²) >= 11 is 0. The minimum atomic E-state index is -0.201. The van der Waals surface area contributed by atoms with Gasteiger partial charge in [-0.2, -0.15) is 0 Å². The Balaban J connectivity index is 2.83. The van der Waals surface area contributed by atoms with Crippen LogP contribution in [0.3, 0.4) is 0 Å². The molecule has 1 aromatic rings. The van der Waals surface area contributed by atoms with Crippen molar-refractivity contribution in [3.63, 3.8) is 0 Å². The van der Waals surface area contributed by atoms with Crippen LogP contribution >= 0.6 is 0 Å². The first-order chi connectivity index (χ1) is 7.70. The second-order valence-electron chi connectivity index (χ2n) is 3.47. The number of ether oxygens (including phenoxy) is 1. The number of hydrogen-bond donors (Lipinski definition) is 0. The largest absolute Gasteiger partial charge is 0.491 e. The van der Waals surface area contributed by atoms with E-state index in [9.17, 15) is 4.79 Å². The van der Waals surface area contributed by atoms with Crippen molar-refractivity contribution in [2.75, 3.05) is 6.61 Å². The van der Waals surface area contributed by atoms with Gasteiger partial charge in [0.05, 0.1) is 12.5 Å². The van der Waals surface area contributed by atoms with E-state index in [1.54, 1.807) is 12.4 Å². The zero-order chi connectivity index (χ0) is 12.0. The lowest BCUT2D eigenvalue weighted by molar-refractivity contribution is -0.120. The van der Waals surface area contributed by atoms with Gasteiger partial charge in [0, 0.05) is 12.4 Å². The predicted molar refractivity (Wildman–Crippen MR) is 63.0 cm³/mol. The third-order valence-electron chi connectivity index (χ3n) is 2.40. The Kier molecular flexibility index (Phi) is 4.70. The van der Waals surface area contributed by atoms with E-state index in [1.165, 1.54) is 0 Å². The van der Waals surface area contributed by atoms with Crippen molar-refractivity contribution < 1.29 is 9.53 Å². The molecule has 0 aliphatic carbocycles. The Morgan fingerprint density at radius 2 is 2.31 bits per heavy atom. The summed E-state index contributed by atoms with van der Waals surface area (Å²) in [6, 6.07) is 3.73. The first kappa shape index (κ1) is 12.4. The molecule has 0 aliphatic heterocycles. The molecule has 0 radical (unpaired) electrons. The lowest BCUT2D eigenvalue weighted by Crippen LogP contribution is -2.15. The highest BCUT2D eigenvalue weighted by Crippen LogP contribution is 2.22. The van der Waals surface area contributed by atoms with Crippen molar-refractivity contribution in [1.82, 2.24) is 4.98 Å². The second kappa shape index (κ2) is 6.05. The maximum Gasteiger partial charge on any atom is 0.204 e. The summed E-state index contributed by atoms with van der Waals surface area (Å²) in [5.41, 5.74) is 0.913. The second-order valence-corrected chi connectivity index (χ2v) is 3.47. The van der Waals surface area contributed by atoms with Gasteiger partial charge in [-0.15, -0.1) is 0 Å². The molecule has 1 rings (SSSR count). The van der Waals surface area contributed by atoms with Gasteiger partial charge in [0.25, 0.3) is 0 Å². The molecule has 1 unspecified atom stereocenters. The summed E-state index contributed by atoms with van der Waals surface area (Å²) in [6.07, 6.45) is 4.12. The van der Waals surface area contributed by atoms with Gasteiger partial charge in [-0.05, 0) is 25.0 Å². The van der Waals surface area contributed by atoms with Gasteiger partial charge in [-0.3, -0.25) is 9.78 Å². The van der Waals surface area contributed by atoms with Crippen LogP contribution in [0.4, 0.5) is 0 Å². The highest BCUT2D eigenvalue weighted by atomic mass is 16.5. The van der Waals surface area contributed by atoms with E-state index in [0.717, 1.165) is 12.0 Å². The fourth-order valence-corrected chi connectivity index (χ4v) is 1.59. The predicted octanol–water partition coefficient (Wildman–Crippen LogP) is 2.69.